The van der Waals surface area contributed by atoms with Gasteiger partial charge in [0.1, 0.15) is 0 Å². The fourth-order valence-corrected chi connectivity index (χ4v) is 3.47. The van der Waals surface area contributed by atoms with E-state index in [2.05, 4.69) is 11.4 Å². The minimum absolute atomic E-state index is 0.0913. The second-order valence-corrected chi connectivity index (χ2v) is 6.07. The predicted molar refractivity (Wildman–Crippen MR) is 71.9 cm³/mol. The van der Waals surface area contributed by atoms with E-state index in [1.54, 1.807) is 0 Å². The smallest absolute Gasteiger partial charge is 0.0672 e. The van der Waals surface area contributed by atoms with Crippen molar-refractivity contribution < 1.29 is 5.11 Å². The van der Waals surface area contributed by atoms with Crippen LogP contribution in [0.5, 0.6) is 0 Å². The van der Waals surface area contributed by atoms with Gasteiger partial charge in [-0.25, -0.2) is 0 Å². The Morgan fingerprint density at radius 3 is 2.67 bits per heavy atom. The molecular formula is C15H26N2O. The van der Waals surface area contributed by atoms with Gasteiger partial charge < -0.3 is 10.4 Å². The van der Waals surface area contributed by atoms with Crippen molar-refractivity contribution in [1.82, 2.24) is 5.32 Å². The summed E-state index contributed by atoms with van der Waals surface area (Å²) in [5, 5.41) is 22.5. The molecule has 0 aliphatic heterocycles. The van der Waals surface area contributed by atoms with E-state index in [0.717, 1.165) is 38.6 Å². The Hall–Kier alpha value is -0.590. The normalized spacial score (nSPS) is 37.8. The molecule has 102 valence electrons. The monoisotopic (exact) mass is 250 g/mol. The Bertz CT molecular complexity index is 287. The summed E-state index contributed by atoms with van der Waals surface area (Å²) in [5.74, 6) is 0.803. The molecule has 0 saturated heterocycles. The van der Waals surface area contributed by atoms with Gasteiger partial charge in [0.05, 0.1) is 18.1 Å². The van der Waals surface area contributed by atoms with Gasteiger partial charge in [-0.15, -0.1) is 0 Å². The minimum atomic E-state index is -0.0913. The van der Waals surface area contributed by atoms with Crippen molar-refractivity contribution in [2.45, 2.75) is 69.9 Å². The molecule has 3 heteroatoms. The first kappa shape index (κ1) is 13.8. The molecule has 0 radical (unpaired) electrons. The molecule has 0 amide bonds. The Kier molecular flexibility index (Phi) is 5.46. The van der Waals surface area contributed by atoms with Gasteiger partial charge >= 0.3 is 0 Å². The van der Waals surface area contributed by atoms with Crippen LogP contribution >= 0.6 is 0 Å². The third kappa shape index (κ3) is 3.96. The first-order chi connectivity index (χ1) is 8.79. The zero-order valence-corrected chi connectivity index (χ0v) is 11.3. The predicted octanol–water partition coefficient (Wildman–Crippen LogP) is 2.60. The fourth-order valence-electron chi connectivity index (χ4n) is 3.47. The molecule has 0 bridgehead atoms. The maximum Gasteiger partial charge on any atom is 0.0672 e. The van der Waals surface area contributed by atoms with E-state index >= 15 is 0 Å². The van der Waals surface area contributed by atoms with Gasteiger partial charge in [-0.3, -0.25) is 0 Å². The standard InChI is InChI=1S/C15H26N2O/c16-10-13-6-2-1-3-8-15(13)17-11-12-5-4-7-14(18)9-12/h12-15,17-18H,1-9,11H2. The number of nitriles is 1. The third-order valence-corrected chi connectivity index (χ3v) is 4.61. The molecule has 4 atom stereocenters. The van der Waals surface area contributed by atoms with E-state index < -0.39 is 0 Å². The van der Waals surface area contributed by atoms with Crippen LogP contribution in [0.15, 0.2) is 0 Å². The Labute approximate surface area is 111 Å². The number of nitrogens with zero attached hydrogens (tertiary/aromatic N) is 1. The highest BCUT2D eigenvalue weighted by Crippen LogP contribution is 2.26. The molecule has 18 heavy (non-hydrogen) atoms. The highest BCUT2D eigenvalue weighted by atomic mass is 16.3. The number of aliphatic hydroxyl groups excluding tert-OH is 1. The molecule has 0 aromatic rings. The molecule has 0 heterocycles. The highest BCUT2D eigenvalue weighted by molar-refractivity contribution is 4.93. The molecule has 0 spiro atoms. The molecule has 2 saturated carbocycles. The van der Waals surface area contributed by atoms with Gasteiger partial charge in [0.15, 0.2) is 0 Å². The summed E-state index contributed by atoms with van der Waals surface area (Å²) in [4.78, 5) is 0. The van der Waals surface area contributed by atoms with Crippen LogP contribution < -0.4 is 5.32 Å². The Morgan fingerprint density at radius 1 is 1.06 bits per heavy atom. The topological polar surface area (TPSA) is 56.0 Å². The molecular weight excluding hydrogens is 224 g/mol. The lowest BCUT2D eigenvalue weighted by atomic mass is 9.86. The van der Waals surface area contributed by atoms with Crippen molar-refractivity contribution in [2.24, 2.45) is 11.8 Å². The van der Waals surface area contributed by atoms with Crippen LogP contribution in [-0.2, 0) is 0 Å². The summed E-state index contributed by atoms with van der Waals surface area (Å²) in [6, 6.07) is 2.86. The van der Waals surface area contributed by atoms with Crippen molar-refractivity contribution in [3.05, 3.63) is 0 Å². The second-order valence-electron chi connectivity index (χ2n) is 6.07. The average molecular weight is 250 g/mol. The number of aliphatic hydroxyl groups is 1. The number of hydrogen-bond donors (Lipinski definition) is 2. The molecule has 2 N–H and O–H groups in total. The van der Waals surface area contributed by atoms with Crippen LogP contribution in [0.25, 0.3) is 0 Å². The first-order valence-electron chi connectivity index (χ1n) is 7.60. The van der Waals surface area contributed by atoms with Gasteiger partial charge in [0.25, 0.3) is 0 Å². The molecule has 2 rings (SSSR count). The van der Waals surface area contributed by atoms with Crippen molar-refractivity contribution >= 4 is 0 Å². The van der Waals surface area contributed by atoms with Crippen LogP contribution in [0.2, 0.25) is 0 Å². The van der Waals surface area contributed by atoms with Gasteiger partial charge in [0, 0.05) is 6.04 Å². The summed E-state index contributed by atoms with van der Waals surface area (Å²) in [6.45, 7) is 0.986. The van der Waals surface area contributed by atoms with Gasteiger partial charge in [-0.2, -0.15) is 5.26 Å². The van der Waals surface area contributed by atoms with Gasteiger partial charge in [-0.05, 0) is 44.6 Å². The lowest BCUT2D eigenvalue weighted by Gasteiger charge is -2.29. The maximum atomic E-state index is 9.68. The van der Waals surface area contributed by atoms with Crippen molar-refractivity contribution in [3.8, 4) is 6.07 Å². The molecule has 2 aliphatic carbocycles. The van der Waals surface area contributed by atoms with Crippen molar-refractivity contribution in [3.63, 3.8) is 0 Å². The Morgan fingerprint density at radius 2 is 1.89 bits per heavy atom. The van der Waals surface area contributed by atoms with Crippen LogP contribution in [0.4, 0.5) is 0 Å². The highest BCUT2D eigenvalue weighted by Gasteiger charge is 2.25. The van der Waals surface area contributed by atoms with Gasteiger partial charge in [-0.1, -0.05) is 25.7 Å². The summed E-state index contributed by atoms with van der Waals surface area (Å²) in [5.41, 5.74) is 0. The summed E-state index contributed by atoms with van der Waals surface area (Å²) < 4.78 is 0. The maximum absolute atomic E-state index is 9.68. The summed E-state index contributed by atoms with van der Waals surface area (Å²) in [6.07, 6.45) is 10.1. The van der Waals surface area contributed by atoms with E-state index in [1.165, 1.54) is 25.7 Å². The zero-order valence-electron chi connectivity index (χ0n) is 11.3. The van der Waals surface area contributed by atoms with Crippen LogP contribution in [0.1, 0.15) is 57.8 Å². The van der Waals surface area contributed by atoms with E-state index in [9.17, 15) is 10.4 Å². The average Bonchev–Trinajstić information content (AvgIpc) is 2.61. The Balaban J connectivity index is 1.78. The number of hydrogen-bond acceptors (Lipinski definition) is 3. The van der Waals surface area contributed by atoms with Gasteiger partial charge in [0.2, 0.25) is 0 Å². The van der Waals surface area contributed by atoms with E-state index in [0.29, 0.717) is 12.0 Å². The largest absolute Gasteiger partial charge is 0.393 e. The first-order valence-corrected chi connectivity index (χ1v) is 7.60. The zero-order chi connectivity index (χ0) is 12.8. The molecule has 3 nitrogen and oxygen atoms in total. The van der Waals surface area contributed by atoms with Crippen molar-refractivity contribution in [1.29, 1.82) is 5.26 Å². The summed E-state index contributed by atoms with van der Waals surface area (Å²) >= 11 is 0. The molecule has 2 fully saturated rings. The van der Waals surface area contributed by atoms with Crippen LogP contribution in [0.3, 0.4) is 0 Å². The molecule has 4 unspecified atom stereocenters. The quantitative estimate of drug-likeness (QED) is 0.757. The molecule has 0 aromatic carbocycles. The number of rotatable bonds is 3. The number of nitrogens with one attached hydrogen (secondary N) is 1. The van der Waals surface area contributed by atoms with E-state index in [-0.39, 0.29) is 12.0 Å². The summed E-state index contributed by atoms with van der Waals surface area (Å²) in [7, 11) is 0. The third-order valence-electron chi connectivity index (χ3n) is 4.61. The fraction of sp³-hybridized carbons (Fsp3) is 0.933. The van der Waals surface area contributed by atoms with Crippen LogP contribution in [0, 0.1) is 23.2 Å². The van der Waals surface area contributed by atoms with E-state index in [4.69, 9.17) is 0 Å². The lowest BCUT2D eigenvalue weighted by Crippen LogP contribution is -2.39. The molecule has 0 aromatic heterocycles. The van der Waals surface area contributed by atoms with Crippen molar-refractivity contribution in [2.75, 3.05) is 6.54 Å². The lowest BCUT2D eigenvalue weighted by molar-refractivity contribution is 0.0989. The van der Waals surface area contributed by atoms with Crippen LogP contribution in [-0.4, -0.2) is 23.8 Å². The minimum Gasteiger partial charge on any atom is -0.393 e. The van der Waals surface area contributed by atoms with E-state index in [1.807, 2.05) is 0 Å². The second kappa shape index (κ2) is 7.11. The SMILES string of the molecule is N#CC1CCCCCC1NCC1CCCC(O)C1. The molecule has 2 aliphatic rings.